The third kappa shape index (κ3) is 6.54. The van der Waals surface area contributed by atoms with Gasteiger partial charge in [-0.25, -0.2) is 0 Å². The van der Waals surface area contributed by atoms with Gasteiger partial charge in [-0.05, 0) is 111 Å². The molecule has 8 bridgehead atoms. The van der Waals surface area contributed by atoms with Crippen molar-refractivity contribution in [3.8, 4) is 0 Å². The Kier molecular flexibility index (Phi) is 10.6. The quantitative estimate of drug-likeness (QED) is 0.158. The molecule has 5 heterocycles. The fraction of sp³-hybridized carbons (Fsp3) is 0.524. The standard InChI is InChI=1S/C42H56N4O5/c1-10-13-21(4)16-17-51-35(47)15-14-28-24(7)31-18-29-22(5)26(11-2)33(43-29)19-30-23(6)27(12-3)34(44-30)20-32-25(8)36-40(46-32)37(39(28)45-31)38(41(36)48)42(49)50-9/h16,18-20,24,26,28,38-39,41,43-46,48H,10-15,17H2,1-9H3/b21-16+,31-18-,32-20-,33-19-/t24-,26-,28-,38+,39?,41-/m0/s1. The molecule has 274 valence electrons. The van der Waals surface area contributed by atoms with Gasteiger partial charge in [0.05, 0.1) is 19.3 Å². The van der Waals surface area contributed by atoms with E-state index >= 15 is 0 Å². The summed E-state index contributed by atoms with van der Waals surface area (Å²) in [5.41, 5.74) is 12.7. The number of ether oxygens (including phenoxy) is 2. The molecule has 4 aliphatic rings. The zero-order valence-electron chi connectivity index (χ0n) is 31.8. The van der Waals surface area contributed by atoms with Crippen LogP contribution in [0, 0.1) is 37.5 Å². The number of hydrogen-bond acceptors (Lipinski definition) is 7. The number of hydrogen-bond donors (Lipinski definition) is 5. The summed E-state index contributed by atoms with van der Waals surface area (Å²) in [5.74, 6) is -1.39. The van der Waals surface area contributed by atoms with Crippen molar-refractivity contribution >= 4 is 29.7 Å². The average Bonchev–Trinajstić information content (AvgIpc) is 3.84. The Bertz CT molecular complexity index is 1970. The molecule has 2 aromatic heterocycles. The van der Waals surface area contributed by atoms with Crippen LogP contribution in [0.3, 0.4) is 0 Å². The molecular weight excluding hydrogens is 640 g/mol. The zero-order chi connectivity index (χ0) is 36.7. The predicted molar refractivity (Wildman–Crippen MR) is 201 cm³/mol. The minimum atomic E-state index is -1.07. The Balaban J connectivity index is 1.52. The van der Waals surface area contributed by atoms with Crippen molar-refractivity contribution in [2.75, 3.05) is 13.7 Å². The number of methoxy groups -OCH3 is 1. The number of aromatic nitrogens is 2. The topological polar surface area (TPSA) is 128 Å². The fourth-order valence-electron chi connectivity index (χ4n) is 8.99. The molecule has 0 saturated carbocycles. The first-order valence-electron chi connectivity index (χ1n) is 18.8. The molecule has 9 nitrogen and oxygen atoms in total. The number of carbonyl (C=O) groups is 2. The monoisotopic (exact) mass is 696 g/mol. The second-order valence-corrected chi connectivity index (χ2v) is 14.9. The van der Waals surface area contributed by atoms with Crippen LogP contribution in [0.15, 0.2) is 40.4 Å². The van der Waals surface area contributed by atoms with Gasteiger partial charge >= 0.3 is 11.9 Å². The van der Waals surface area contributed by atoms with E-state index in [0.717, 1.165) is 75.9 Å². The van der Waals surface area contributed by atoms with Crippen molar-refractivity contribution in [2.24, 2.45) is 23.7 Å². The minimum absolute atomic E-state index is 0.0226. The summed E-state index contributed by atoms with van der Waals surface area (Å²) in [6, 6.07) is -0.339. The van der Waals surface area contributed by atoms with Crippen LogP contribution < -0.4 is 21.3 Å². The predicted octanol–water partition coefficient (Wildman–Crippen LogP) is 5.77. The summed E-state index contributed by atoms with van der Waals surface area (Å²) in [4.78, 5) is 34.0. The first-order valence-corrected chi connectivity index (χ1v) is 18.8. The molecule has 1 saturated heterocycles. The fourth-order valence-corrected chi connectivity index (χ4v) is 8.99. The summed E-state index contributed by atoms with van der Waals surface area (Å²) in [7, 11) is 1.37. The normalized spacial score (nSPS) is 28.0. The lowest BCUT2D eigenvalue weighted by Crippen LogP contribution is -2.37. The van der Waals surface area contributed by atoms with E-state index in [0.29, 0.717) is 6.42 Å². The van der Waals surface area contributed by atoms with E-state index in [9.17, 15) is 14.7 Å². The highest BCUT2D eigenvalue weighted by Gasteiger charge is 2.49. The van der Waals surface area contributed by atoms with Crippen LogP contribution >= 0.6 is 0 Å². The van der Waals surface area contributed by atoms with E-state index in [2.05, 4.69) is 87.3 Å². The Morgan fingerprint density at radius 3 is 2.43 bits per heavy atom. The van der Waals surface area contributed by atoms with E-state index in [-0.39, 0.29) is 42.8 Å². The maximum absolute atomic E-state index is 13.5. The van der Waals surface area contributed by atoms with E-state index in [4.69, 9.17) is 9.47 Å². The Labute approximate surface area is 302 Å². The molecule has 0 aromatic carbocycles. The SMILES string of the molecule is CCC/C(C)=C/COC(=O)CC[C@@H]1C2N/C(=C\C3=C(C)[C@H](CC)/C(=C/c4[nH]c(c(CC)c4C)/C=c4\[nH]c5c(c4C)[C@H](O)[C@H](C(=O)OC)C=52)N3)[C@H]1C. The van der Waals surface area contributed by atoms with E-state index in [1.807, 2.05) is 13.0 Å². The number of rotatable bonds is 10. The van der Waals surface area contributed by atoms with Gasteiger partial charge in [0.25, 0.3) is 0 Å². The van der Waals surface area contributed by atoms with Crippen molar-refractivity contribution in [1.82, 2.24) is 20.6 Å². The number of esters is 2. The molecule has 1 unspecified atom stereocenters. The number of carbonyl (C=O) groups excluding carboxylic acids is 2. The van der Waals surface area contributed by atoms with Gasteiger partial charge in [-0.3, -0.25) is 9.59 Å². The maximum Gasteiger partial charge on any atom is 0.315 e. The number of H-pyrrole nitrogens is 2. The van der Waals surface area contributed by atoms with Gasteiger partial charge in [-0.1, -0.05) is 39.7 Å². The van der Waals surface area contributed by atoms with Crippen LogP contribution in [0.5, 0.6) is 0 Å². The maximum atomic E-state index is 13.5. The van der Waals surface area contributed by atoms with Crippen LogP contribution in [0.4, 0.5) is 0 Å². The zero-order valence-corrected chi connectivity index (χ0v) is 31.8. The Morgan fingerprint density at radius 2 is 1.75 bits per heavy atom. The highest BCUT2D eigenvalue weighted by molar-refractivity contribution is 5.88. The summed E-state index contributed by atoms with van der Waals surface area (Å²) < 4.78 is 11.0. The molecule has 6 rings (SSSR count). The smallest absolute Gasteiger partial charge is 0.315 e. The molecule has 1 aliphatic carbocycles. The van der Waals surface area contributed by atoms with Crippen molar-refractivity contribution in [3.05, 3.63) is 84.7 Å². The highest BCUT2D eigenvalue weighted by atomic mass is 16.5. The summed E-state index contributed by atoms with van der Waals surface area (Å²) in [5, 5.41) is 21.2. The number of allylic oxidation sites excluding steroid dienone is 4. The van der Waals surface area contributed by atoms with E-state index in [1.165, 1.54) is 35.1 Å². The van der Waals surface area contributed by atoms with Crippen molar-refractivity contribution in [3.63, 3.8) is 0 Å². The third-order valence-corrected chi connectivity index (χ3v) is 12.0. The summed E-state index contributed by atoms with van der Waals surface area (Å²) >= 11 is 0. The lowest BCUT2D eigenvalue weighted by molar-refractivity contribution is -0.147. The summed E-state index contributed by atoms with van der Waals surface area (Å²) in [6.07, 6.45) is 12.2. The molecule has 2 aromatic rings. The molecule has 0 radical (unpaired) electrons. The third-order valence-electron chi connectivity index (χ3n) is 12.0. The Hall–Kier alpha value is -4.24. The minimum Gasteiger partial charge on any atom is -0.468 e. The second-order valence-electron chi connectivity index (χ2n) is 14.9. The van der Waals surface area contributed by atoms with Gasteiger partial charge in [-0.15, -0.1) is 0 Å². The lowest BCUT2D eigenvalue weighted by atomic mass is 9.80. The van der Waals surface area contributed by atoms with Crippen LogP contribution in [-0.2, 0) is 25.5 Å². The van der Waals surface area contributed by atoms with Crippen molar-refractivity contribution in [2.45, 2.75) is 106 Å². The van der Waals surface area contributed by atoms with E-state index in [1.54, 1.807) is 0 Å². The van der Waals surface area contributed by atoms with E-state index < -0.39 is 18.0 Å². The molecule has 3 aliphatic heterocycles. The molecule has 0 spiro atoms. The molecule has 1 fully saturated rings. The first-order chi connectivity index (χ1) is 24.4. The first kappa shape index (κ1) is 36.5. The lowest BCUT2D eigenvalue weighted by Gasteiger charge is -2.27. The van der Waals surface area contributed by atoms with Gasteiger partial charge in [0, 0.05) is 63.0 Å². The molecule has 51 heavy (non-hydrogen) atoms. The van der Waals surface area contributed by atoms with Gasteiger partial charge in [-0.2, -0.15) is 0 Å². The van der Waals surface area contributed by atoms with Gasteiger partial charge in [0.1, 0.15) is 12.5 Å². The van der Waals surface area contributed by atoms with Gasteiger partial charge in [0.2, 0.25) is 0 Å². The number of nitrogens with one attached hydrogen (secondary N) is 4. The Morgan fingerprint density at radius 1 is 0.980 bits per heavy atom. The van der Waals surface area contributed by atoms with Crippen molar-refractivity contribution in [1.29, 1.82) is 0 Å². The largest absolute Gasteiger partial charge is 0.468 e. The molecule has 6 atom stereocenters. The summed E-state index contributed by atoms with van der Waals surface area (Å²) in [6.45, 7) is 17.4. The highest BCUT2D eigenvalue weighted by Crippen LogP contribution is 2.45. The van der Waals surface area contributed by atoms with Gasteiger partial charge in [0.15, 0.2) is 0 Å². The molecular formula is C42H56N4O5. The molecule has 9 heteroatoms. The number of aromatic amines is 2. The average molecular weight is 697 g/mol. The second kappa shape index (κ2) is 14.8. The van der Waals surface area contributed by atoms with Crippen molar-refractivity contribution < 1.29 is 24.2 Å². The van der Waals surface area contributed by atoms with Crippen LogP contribution in [0.1, 0.15) is 113 Å². The molecule has 0 amide bonds. The number of fused-ring (bicyclic) bond motifs is 8. The number of aliphatic hydroxyl groups is 1. The number of aliphatic hydroxyl groups excluding tert-OH is 1. The van der Waals surface area contributed by atoms with Gasteiger partial charge < -0.3 is 35.2 Å². The van der Waals surface area contributed by atoms with Crippen LogP contribution in [0.2, 0.25) is 0 Å². The van der Waals surface area contributed by atoms with Crippen LogP contribution in [-0.4, -0.2) is 46.8 Å². The molecule has 5 N–H and O–H groups in total. The van der Waals surface area contributed by atoms with Crippen LogP contribution in [0.25, 0.3) is 17.7 Å².